The minimum absolute atomic E-state index is 0.146. The second kappa shape index (κ2) is 4.76. The third kappa shape index (κ3) is 1.96. The highest BCUT2D eigenvalue weighted by atomic mass is 127. The molecule has 0 aromatic heterocycles. The van der Waals surface area contributed by atoms with Gasteiger partial charge in [0.15, 0.2) is 11.4 Å². The van der Waals surface area contributed by atoms with Crippen molar-refractivity contribution in [3.8, 4) is 0 Å². The SMILES string of the molecule is Cc1cc(I)cc(C)c1C1=C(O)C2(CCCC2)OC1=O. The quantitative estimate of drug-likeness (QED) is 0.587. The van der Waals surface area contributed by atoms with E-state index in [0.717, 1.165) is 45.9 Å². The second-order valence-electron chi connectivity index (χ2n) is 5.73. The minimum Gasteiger partial charge on any atom is -0.507 e. The third-order valence-corrected chi connectivity index (χ3v) is 4.94. The molecule has 2 aliphatic rings. The van der Waals surface area contributed by atoms with Crippen LogP contribution in [-0.2, 0) is 9.53 Å². The van der Waals surface area contributed by atoms with Gasteiger partial charge in [-0.2, -0.15) is 0 Å². The van der Waals surface area contributed by atoms with Gasteiger partial charge in [-0.1, -0.05) is 0 Å². The summed E-state index contributed by atoms with van der Waals surface area (Å²) in [4.78, 5) is 12.3. The second-order valence-corrected chi connectivity index (χ2v) is 6.97. The average molecular weight is 384 g/mol. The number of ether oxygens (including phenoxy) is 1. The Balaban J connectivity index is 2.19. The number of hydrogen-bond donors (Lipinski definition) is 1. The normalized spacial score (nSPS) is 20.9. The molecule has 0 bridgehead atoms. The van der Waals surface area contributed by atoms with Crippen molar-refractivity contribution in [2.75, 3.05) is 0 Å². The topological polar surface area (TPSA) is 46.5 Å². The van der Waals surface area contributed by atoms with Crippen molar-refractivity contribution in [3.05, 3.63) is 38.2 Å². The zero-order chi connectivity index (χ0) is 14.5. The van der Waals surface area contributed by atoms with Gasteiger partial charge in [-0.15, -0.1) is 0 Å². The smallest absolute Gasteiger partial charge is 0.343 e. The molecule has 0 radical (unpaired) electrons. The number of aliphatic hydroxyl groups excluding tert-OH is 1. The van der Waals surface area contributed by atoms with Crippen LogP contribution in [0.3, 0.4) is 0 Å². The fraction of sp³-hybridized carbons (Fsp3) is 0.438. The van der Waals surface area contributed by atoms with Crippen molar-refractivity contribution in [1.29, 1.82) is 0 Å². The lowest BCUT2D eigenvalue weighted by atomic mass is 9.91. The van der Waals surface area contributed by atoms with E-state index in [2.05, 4.69) is 22.6 Å². The fourth-order valence-electron chi connectivity index (χ4n) is 3.41. The van der Waals surface area contributed by atoms with E-state index in [0.29, 0.717) is 5.57 Å². The third-order valence-electron chi connectivity index (χ3n) is 4.32. The zero-order valence-electron chi connectivity index (χ0n) is 11.6. The number of carbonyl (C=O) groups excluding carboxylic acids is 1. The average Bonchev–Trinajstić information content (AvgIpc) is 2.89. The van der Waals surface area contributed by atoms with Gasteiger partial charge >= 0.3 is 5.97 Å². The van der Waals surface area contributed by atoms with Crippen LogP contribution in [-0.4, -0.2) is 16.7 Å². The lowest BCUT2D eigenvalue weighted by molar-refractivity contribution is -0.146. The molecule has 1 aliphatic heterocycles. The molecule has 3 rings (SSSR count). The van der Waals surface area contributed by atoms with Crippen LogP contribution in [0.1, 0.15) is 42.4 Å². The Kier molecular flexibility index (Phi) is 3.31. The molecule has 1 N–H and O–H groups in total. The number of hydrogen-bond acceptors (Lipinski definition) is 3. The largest absolute Gasteiger partial charge is 0.507 e. The summed E-state index contributed by atoms with van der Waals surface area (Å²) in [5.41, 5.74) is 2.47. The summed E-state index contributed by atoms with van der Waals surface area (Å²) < 4.78 is 6.69. The monoisotopic (exact) mass is 384 g/mol. The van der Waals surface area contributed by atoms with E-state index < -0.39 is 5.60 Å². The minimum atomic E-state index is -0.742. The van der Waals surface area contributed by atoms with Gasteiger partial charge in [0.25, 0.3) is 0 Å². The van der Waals surface area contributed by atoms with Gasteiger partial charge < -0.3 is 9.84 Å². The summed E-state index contributed by atoms with van der Waals surface area (Å²) in [6.45, 7) is 3.94. The van der Waals surface area contributed by atoms with Gasteiger partial charge in [-0.3, -0.25) is 0 Å². The highest BCUT2D eigenvalue weighted by Crippen LogP contribution is 2.47. The van der Waals surface area contributed by atoms with Crippen LogP contribution in [0.25, 0.3) is 5.57 Å². The molecule has 1 aliphatic carbocycles. The number of aliphatic hydroxyl groups is 1. The van der Waals surface area contributed by atoms with Crippen molar-refractivity contribution in [1.82, 2.24) is 0 Å². The first kappa shape index (κ1) is 13.9. The summed E-state index contributed by atoms with van der Waals surface area (Å²) >= 11 is 2.26. The van der Waals surface area contributed by atoms with Crippen LogP contribution in [0.4, 0.5) is 0 Å². The molecule has 1 heterocycles. The number of rotatable bonds is 1. The number of halogens is 1. The van der Waals surface area contributed by atoms with Gasteiger partial charge in [0.05, 0.1) is 0 Å². The van der Waals surface area contributed by atoms with E-state index in [4.69, 9.17) is 4.74 Å². The molecule has 0 saturated heterocycles. The molecule has 1 aromatic carbocycles. The summed E-state index contributed by atoms with van der Waals surface area (Å²) in [7, 11) is 0. The van der Waals surface area contributed by atoms with Gasteiger partial charge in [-0.25, -0.2) is 4.79 Å². The first-order chi connectivity index (χ1) is 9.44. The standard InChI is InChI=1S/C16H17IO3/c1-9-7-11(17)8-10(2)12(9)13-14(18)16(20-15(13)19)5-3-4-6-16/h7-8,18H,3-6H2,1-2H3. The van der Waals surface area contributed by atoms with Crippen LogP contribution in [0.2, 0.25) is 0 Å². The lowest BCUT2D eigenvalue weighted by Gasteiger charge is -2.21. The maximum atomic E-state index is 12.3. The lowest BCUT2D eigenvalue weighted by Crippen LogP contribution is -2.27. The first-order valence-electron chi connectivity index (χ1n) is 6.89. The van der Waals surface area contributed by atoms with Crippen molar-refractivity contribution >= 4 is 34.1 Å². The van der Waals surface area contributed by atoms with Crippen LogP contribution >= 0.6 is 22.6 Å². The molecular weight excluding hydrogens is 367 g/mol. The molecule has 1 spiro atoms. The van der Waals surface area contributed by atoms with Gasteiger partial charge in [0.1, 0.15) is 5.57 Å². The van der Waals surface area contributed by atoms with Gasteiger partial charge in [-0.05, 0) is 90.9 Å². The van der Waals surface area contributed by atoms with Gasteiger partial charge in [0.2, 0.25) is 0 Å². The molecule has 20 heavy (non-hydrogen) atoms. The predicted molar refractivity (Wildman–Crippen MR) is 85.5 cm³/mol. The van der Waals surface area contributed by atoms with Crippen LogP contribution in [0.15, 0.2) is 17.9 Å². The van der Waals surface area contributed by atoms with Crippen molar-refractivity contribution < 1.29 is 14.6 Å². The number of carbonyl (C=O) groups is 1. The summed E-state index contributed by atoms with van der Waals surface area (Å²) in [5.74, 6) is -0.232. The summed E-state index contributed by atoms with van der Waals surface area (Å²) in [6.07, 6.45) is 3.46. The molecule has 3 nitrogen and oxygen atoms in total. The molecule has 0 atom stereocenters. The number of benzene rings is 1. The van der Waals surface area contributed by atoms with Crippen LogP contribution < -0.4 is 0 Å². The van der Waals surface area contributed by atoms with E-state index >= 15 is 0 Å². The molecule has 1 saturated carbocycles. The molecule has 1 aromatic rings. The molecule has 0 unspecified atom stereocenters. The fourth-order valence-corrected chi connectivity index (χ4v) is 4.35. The number of aryl methyl sites for hydroxylation is 2. The Hall–Kier alpha value is -1.04. The molecular formula is C16H17IO3. The highest BCUT2D eigenvalue weighted by molar-refractivity contribution is 14.1. The highest BCUT2D eigenvalue weighted by Gasteiger charge is 2.50. The van der Waals surface area contributed by atoms with Gasteiger partial charge in [0, 0.05) is 3.57 Å². The molecule has 1 fully saturated rings. The van der Waals surface area contributed by atoms with E-state index in [-0.39, 0.29) is 11.7 Å². The van der Waals surface area contributed by atoms with E-state index in [9.17, 15) is 9.90 Å². The maximum absolute atomic E-state index is 12.3. The van der Waals surface area contributed by atoms with E-state index in [1.807, 2.05) is 26.0 Å². The van der Waals surface area contributed by atoms with E-state index in [1.54, 1.807) is 0 Å². The molecule has 106 valence electrons. The van der Waals surface area contributed by atoms with Crippen molar-refractivity contribution in [2.45, 2.75) is 45.1 Å². The number of esters is 1. The van der Waals surface area contributed by atoms with Crippen molar-refractivity contribution in [3.63, 3.8) is 0 Å². The Labute approximate surface area is 132 Å². The zero-order valence-corrected chi connectivity index (χ0v) is 13.8. The van der Waals surface area contributed by atoms with Crippen LogP contribution in [0.5, 0.6) is 0 Å². The van der Waals surface area contributed by atoms with Crippen LogP contribution in [0, 0.1) is 17.4 Å². The Morgan fingerprint density at radius 1 is 1.20 bits per heavy atom. The summed E-state index contributed by atoms with van der Waals surface area (Å²) in [6, 6.07) is 4.05. The Bertz CT molecular complexity index is 602. The molecule has 4 heteroatoms. The van der Waals surface area contributed by atoms with E-state index in [1.165, 1.54) is 0 Å². The Morgan fingerprint density at radius 3 is 2.30 bits per heavy atom. The first-order valence-corrected chi connectivity index (χ1v) is 7.97. The van der Waals surface area contributed by atoms with Crippen molar-refractivity contribution in [2.24, 2.45) is 0 Å². The Morgan fingerprint density at radius 2 is 1.75 bits per heavy atom. The maximum Gasteiger partial charge on any atom is 0.343 e. The molecule has 0 amide bonds. The summed E-state index contributed by atoms with van der Waals surface area (Å²) in [5, 5.41) is 10.6. The predicted octanol–water partition coefficient (Wildman–Crippen LogP) is 4.05.